The van der Waals surface area contributed by atoms with Crippen molar-refractivity contribution in [3.05, 3.63) is 11.6 Å². The summed E-state index contributed by atoms with van der Waals surface area (Å²) in [7, 11) is 0. The highest BCUT2D eigenvalue weighted by molar-refractivity contribution is 5.91. The average Bonchev–Trinajstić information content (AvgIpc) is 2.09. The molecule has 0 aromatic carbocycles. The molecule has 0 aliphatic carbocycles. The molecule has 0 atom stereocenters. The highest BCUT2D eigenvalue weighted by Crippen LogP contribution is 2.07. The van der Waals surface area contributed by atoms with E-state index in [2.05, 4.69) is 6.92 Å². The monoisotopic (exact) mass is 200 g/mol. The van der Waals surface area contributed by atoms with Gasteiger partial charge in [0.05, 0.1) is 6.42 Å². The van der Waals surface area contributed by atoms with Gasteiger partial charge in [0, 0.05) is 5.57 Å². The predicted octanol–water partition coefficient (Wildman–Crippen LogP) is 2.05. The van der Waals surface area contributed by atoms with Gasteiger partial charge >= 0.3 is 11.9 Å². The van der Waals surface area contributed by atoms with Crippen molar-refractivity contribution in [3.63, 3.8) is 0 Å². The van der Waals surface area contributed by atoms with Crippen LogP contribution in [-0.2, 0) is 9.59 Å². The molecule has 14 heavy (non-hydrogen) atoms. The smallest absolute Gasteiger partial charge is 0.331 e. The Morgan fingerprint density at radius 3 is 2.29 bits per heavy atom. The maximum absolute atomic E-state index is 10.6. The first-order valence-electron chi connectivity index (χ1n) is 4.72. The highest BCUT2D eigenvalue weighted by Gasteiger charge is 2.10. The molecule has 80 valence electrons. The van der Waals surface area contributed by atoms with Crippen molar-refractivity contribution in [2.45, 2.75) is 39.0 Å². The molecule has 0 saturated heterocycles. The summed E-state index contributed by atoms with van der Waals surface area (Å²) in [6.45, 7) is 2.05. The fourth-order valence-electron chi connectivity index (χ4n) is 1.07. The van der Waals surface area contributed by atoms with Gasteiger partial charge in [0.15, 0.2) is 0 Å². The molecule has 0 bridgehead atoms. The molecule has 0 aromatic rings. The standard InChI is InChI=1S/C10H16O4/c1-2-3-4-5-6-8(10(13)14)7-9(11)12/h6H,2-5,7H2,1H3,(H,11,12)(H,13,14)/b8-6+. The van der Waals surface area contributed by atoms with Crippen molar-refractivity contribution in [2.24, 2.45) is 0 Å². The van der Waals surface area contributed by atoms with Crippen LogP contribution in [0.2, 0.25) is 0 Å². The van der Waals surface area contributed by atoms with Crippen LogP contribution < -0.4 is 0 Å². The number of rotatable bonds is 7. The van der Waals surface area contributed by atoms with Crippen molar-refractivity contribution >= 4 is 11.9 Å². The third-order valence-corrected chi connectivity index (χ3v) is 1.81. The third kappa shape index (κ3) is 6.22. The lowest BCUT2D eigenvalue weighted by molar-refractivity contribution is -0.139. The van der Waals surface area contributed by atoms with Gasteiger partial charge in [0.25, 0.3) is 0 Å². The van der Waals surface area contributed by atoms with Crippen LogP contribution in [0.3, 0.4) is 0 Å². The van der Waals surface area contributed by atoms with Crippen LogP contribution in [0.1, 0.15) is 39.0 Å². The van der Waals surface area contributed by atoms with Gasteiger partial charge in [0.1, 0.15) is 0 Å². The predicted molar refractivity (Wildman–Crippen MR) is 52.1 cm³/mol. The van der Waals surface area contributed by atoms with Crippen molar-refractivity contribution in [3.8, 4) is 0 Å². The minimum atomic E-state index is -1.14. The normalized spacial score (nSPS) is 11.4. The molecule has 0 aromatic heterocycles. The van der Waals surface area contributed by atoms with E-state index in [0.29, 0.717) is 6.42 Å². The lowest BCUT2D eigenvalue weighted by Crippen LogP contribution is -2.06. The Balaban J connectivity index is 4.06. The quantitative estimate of drug-likeness (QED) is 0.487. The maximum atomic E-state index is 10.6. The van der Waals surface area contributed by atoms with E-state index in [0.717, 1.165) is 19.3 Å². The molecule has 0 rings (SSSR count). The second kappa shape index (κ2) is 7.12. The van der Waals surface area contributed by atoms with Crippen LogP contribution in [-0.4, -0.2) is 22.2 Å². The van der Waals surface area contributed by atoms with Crippen molar-refractivity contribution in [2.75, 3.05) is 0 Å². The van der Waals surface area contributed by atoms with Gasteiger partial charge in [-0.15, -0.1) is 0 Å². The van der Waals surface area contributed by atoms with Crippen molar-refractivity contribution in [1.29, 1.82) is 0 Å². The van der Waals surface area contributed by atoms with Gasteiger partial charge < -0.3 is 10.2 Å². The summed E-state index contributed by atoms with van der Waals surface area (Å²) < 4.78 is 0. The Labute approximate surface area is 83.2 Å². The first kappa shape index (κ1) is 12.7. The summed E-state index contributed by atoms with van der Waals surface area (Å²) in [5, 5.41) is 17.1. The zero-order valence-corrected chi connectivity index (χ0v) is 8.32. The number of carbonyl (C=O) groups is 2. The van der Waals surface area contributed by atoms with E-state index in [1.54, 1.807) is 0 Å². The van der Waals surface area contributed by atoms with Crippen LogP contribution in [0.25, 0.3) is 0 Å². The van der Waals surface area contributed by atoms with Gasteiger partial charge in [-0.05, 0) is 12.8 Å². The molecular weight excluding hydrogens is 184 g/mol. The molecule has 2 N–H and O–H groups in total. The summed E-state index contributed by atoms with van der Waals surface area (Å²) in [6, 6.07) is 0. The fraction of sp³-hybridized carbons (Fsp3) is 0.600. The number of hydrogen-bond acceptors (Lipinski definition) is 2. The van der Waals surface area contributed by atoms with Gasteiger partial charge in [0.2, 0.25) is 0 Å². The summed E-state index contributed by atoms with van der Waals surface area (Å²) in [4.78, 5) is 20.9. The van der Waals surface area contributed by atoms with Crippen molar-refractivity contribution < 1.29 is 19.8 Å². The van der Waals surface area contributed by atoms with E-state index >= 15 is 0 Å². The minimum absolute atomic E-state index is 0.0198. The molecule has 0 aliphatic heterocycles. The van der Waals surface area contributed by atoms with Gasteiger partial charge in [-0.2, -0.15) is 0 Å². The first-order valence-corrected chi connectivity index (χ1v) is 4.72. The maximum Gasteiger partial charge on any atom is 0.331 e. The second-order valence-corrected chi connectivity index (χ2v) is 3.10. The topological polar surface area (TPSA) is 74.6 Å². The Hall–Kier alpha value is -1.32. The fourth-order valence-corrected chi connectivity index (χ4v) is 1.07. The third-order valence-electron chi connectivity index (χ3n) is 1.81. The molecule has 4 heteroatoms. The number of allylic oxidation sites excluding steroid dienone is 1. The van der Waals surface area contributed by atoms with Crippen LogP contribution in [0.4, 0.5) is 0 Å². The molecule has 0 aliphatic rings. The average molecular weight is 200 g/mol. The second-order valence-electron chi connectivity index (χ2n) is 3.10. The van der Waals surface area contributed by atoms with Gasteiger partial charge in [-0.25, -0.2) is 4.79 Å². The van der Waals surface area contributed by atoms with Crippen LogP contribution in [0, 0.1) is 0 Å². The van der Waals surface area contributed by atoms with E-state index in [1.807, 2.05) is 0 Å². The minimum Gasteiger partial charge on any atom is -0.481 e. The number of carboxylic acids is 2. The Morgan fingerprint density at radius 1 is 1.21 bits per heavy atom. The number of hydrogen-bond donors (Lipinski definition) is 2. The lowest BCUT2D eigenvalue weighted by Gasteiger charge is -1.98. The molecule has 0 spiro atoms. The summed E-state index contributed by atoms with van der Waals surface area (Å²) in [5.74, 6) is -2.24. The molecule has 0 saturated carbocycles. The van der Waals surface area contributed by atoms with E-state index < -0.39 is 18.4 Å². The first-order chi connectivity index (χ1) is 6.57. The molecule has 4 nitrogen and oxygen atoms in total. The van der Waals surface area contributed by atoms with Gasteiger partial charge in [-0.1, -0.05) is 25.8 Å². The highest BCUT2D eigenvalue weighted by atomic mass is 16.4. The van der Waals surface area contributed by atoms with E-state index in [-0.39, 0.29) is 5.57 Å². The van der Waals surface area contributed by atoms with Crippen LogP contribution in [0.5, 0.6) is 0 Å². The Morgan fingerprint density at radius 2 is 1.86 bits per heavy atom. The van der Waals surface area contributed by atoms with Crippen molar-refractivity contribution in [1.82, 2.24) is 0 Å². The molecule has 0 unspecified atom stereocenters. The number of unbranched alkanes of at least 4 members (excludes halogenated alkanes) is 3. The zero-order chi connectivity index (χ0) is 11.0. The number of aliphatic carboxylic acids is 2. The Kier molecular flexibility index (Phi) is 6.45. The SMILES string of the molecule is CCCCC/C=C(\CC(=O)O)C(=O)O. The van der Waals surface area contributed by atoms with E-state index in [4.69, 9.17) is 10.2 Å². The lowest BCUT2D eigenvalue weighted by atomic mass is 10.1. The van der Waals surface area contributed by atoms with Crippen LogP contribution in [0.15, 0.2) is 11.6 Å². The molecule has 0 fully saturated rings. The summed E-state index contributed by atoms with van der Waals surface area (Å²) >= 11 is 0. The molecular formula is C10H16O4. The Bertz CT molecular complexity index is 230. The summed E-state index contributed by atoms with van der Waals surface area (Å²) in [6.07, 6.45) is 4.76. The number of carboxylic acid groups (broad SMARTS) is 2. The van der Waals surface area contributed by atoms with E-state index in [1.165, 1.54) is 6.08 Å². The molecule has 0 heterocycles. The van der Waals surface area contributed by atoms with Crippen LogP contribution >= 0.6 is 0 Å². The zero-order valence-electron chi connectivity index (χ0n) is 8.32. The van der Waals surface area contributed by atoms with Gasteiger partial charge in [-0.3, -0.25) is 4.79 Å². The largest absolute Gasteiger partial charge is 0.481 e. The summed E-state index contributed by atoms with van der Waals surface area (Å²) in [5.41, 5.74) is -0.0198. The van der Waals surface area contributed by atoms with E-state index in [9.17, 15) is 9.59 Å². The molecule has 0 radical (unpaired) electrons. The molecule has 0 amide bonds.